The molecule has 2 aromatic carbocycles. The van der Waals surface area contributed by atoms with E-state index in [9.17, 15) is 8.42 Å². The molecule has 0 amide bonds. The first-order valence-electron chi connectivity index (χ1n) is 6.86. The molecule has 1 N–H and O–H groups in total. The van der Waals surface area contributed by atoms with Gasteiger partial charge in [0.15, 0.2) is 0 Å². The van der Waals surface area contributed by atoms with E-state index >= 15 is 0 Å². The number of sulfonamides is 1. The number of aryl methyl sites for hydroxylation is 1. The molecule has 3 nitrogen and oxygen atoms in total. The van der Waals surface area contributed by atoms with E-state index in [1.807, 2.05) is 6.07 Å². The van der Waals surface area contributed by atoms with Gasteiger partial charge in [-0.15, -0.1) is 0 Å². The Morgan fingerprint density at radius 3 is 2.55 bits per heavy atom. The Hall–Kier alpha value is -1.01. The average Bonchev–Trinajstić information content (AvgIpc) is 2.47. The molecule has 0 atom stereocenters. The van der Waals surface area contributed by atoms with Gasteiger partial charge < -0.3 is 0 Å². The fourth-order valence-corrected chi connectivity index (χ4v) is 4.03. The molecule has 0 saturated heterocycles. The molecule has 0 aliphatic carbocycles. The smallest absolute Gasteiger partial charge is 0.210 e. The fraction of sp³-hybridized carbons (Fsp3) is 0.250. The van der Waals surface area contributed by atoms with Gasteiger partial charge in [-0.1, -0.05) is 41.4 Å². The Kier molecular flexibility index (Phi) is 6.32. The van der Waals surface area contributed by atoms with Crippen molar-refractivity contribution in [2.45, 2.75) is 17.6 Å². The van der Waals surface area contributed by atoms with Crippen LogP contribution in [0.15, 0.2) is 53.4 Å². The van der Waals surface area contributed by atoms with Gasteiger partial charge in [0.1, 0.15) is 0 Å². The number of nitrogens with one attached hydrogen (secondary N) is 1. The molecule has 118 valence electrons. The molecule has 2 rings (SSSR count). The molecule has 22 heavy (non-hydrogen) atoms. The second kappa shape index (κ2) is 8.02. The Morgan fingerprint density at radius 1 is 1.14 bits per heavy atom. The minimum Gasteiger partial charge on any atom is -0.210 e. The number of hydrogen-bond acceptors (Lipinski definition) is 3. The minimum absolute atomic E-state index is 0.237. The molecule has 0 aromatic heterocycles. The highest BCUT2D eigenvalue weighted by atomic mass is 35.5. The molecule has 2 aromatic rings. The summed E-state index contributed by atoms with van der Waals surface area (Å²) in [7, 11) is -3.45. The zero-order valence-corrected chi connectivity index (χ0v) is 14.6. The highest BCUT2D eigenvalue weighted by Crippen LogP contribution is 2.15. The molecule has 0 fully saturated rings. The van der Waals surface area contributed by atoms with Crippen LogP contribution in [-0.2, 0) is 15.8 Å². The highest BCUT2D eigenvalue weighted by molar-refractivity contribution is 7.98. The predicted molar refractivity (Wildman–Crippen MR) is 94.0 cm³/mol. The minimum atomic E-state index is -3.45. The summed E-state index contributed by atoms with van der Waals surface area (Å²) in [5, 5.41) is 0.521. The van der Waals surface area contributed by atoms with E-state index in [0.717, 1.165) is 11.5 Å². The lowest BCUT2D eigenvalue weighted by molar-refractivity contribution is 0.584. The van der Waals surface area contributed by atoms with E-state index in [2.05, 4.69) is 29.8 Å². The molecule has 0 saturated carbocycles. The van der Waals surface area contributed by atoms with Crippen LogP contribution >= 0.6 is 23.4 Å². The first-order valence-corrected chi connectivity index (χ1v) is 9.87. The summed E-state index contributed by atoms with van der Waals surface area (Å²) < 4.78 is 26.7. The van der Waals surface area contributed by atoms with E-state index in [4.69, 9.17) is 11.6 Å². The topological polar surface area (TPSA) is 46.2 Å². The summed E-state index contributed by atoms with van der Waals surface area (Å²) in [6.07, 6.45) is 0. The summed E-state index contributed by atoms with van der Waals surface area (Å²) in [4.78, 5) is 0.237. The van der Waals surface area contributed by atoms with Gasteiger partial charge in [0, 0.05) is 23.1 Å². The Labute approximate surface area is 141 Å². The van der Waals surface area contributed by atoms with Crippen LogP contribution in [0.25, 0.3) is 0 Å². The van der Waals surface area contributed by atoms with E-state index in [-0.39, 0.29) is 4.90 Å². The van der Waals surface area contributed by atoms with Crippen molar-refractivity contribution in [3.63, 3.8) is 0 Å². The van der Waals surface area contributed by atoms with Gasteiger partial charge in [-0.3, -0.25) is 0 Å². The number of hydrogen-bond donors (Lipinski definition) is 1. The van der Waals surface area contributed by atoms with Crippen LogP contribution in [0.2, 0.25) is 5.02 Å². The van der Waals surface area contributed by atoms with E-state index in [1.54, 1.807) is 23.9 Å². The first kappa shape index (κ1) is 17.3. The summed E-state index contributed by atoms with van der Waals surface area (Å²) in [6.45, 7) is 2.47. The maximum atomic E-state index is 12.1. The third-order valence-corrected chi connectivity index (χ3v) is 5.77. The summed E-state index contributed by atoms with van der Waals surface area (Å²) in [5.41, 5.74) is 2.49. The summed E-state index contributed by atoms with van der Waals surface area (Å²) in [5.74, 6) is 1.60. The van der Waals surface area contributed by atoms with Gasteiger partial charge in [-0.05, 0) is 36.8 Å². The van der Waals surface area contributed by atoms with Gasteiger partial charge >= 0.3 is 0 Å². The average molecular weight is 356 g/mol. The summed E-state index contributed by atoms with van der Waals surface area (Å²) in [6, 6.07) is 14.5. The first-order chi connectivity index (χ1) is 10.5. The van der Waals surface area contributed by atoms with Crippen molar-refractivity contribution < 1.29 is 8.42 Å². The third kappa shape index (κ3) is 5.32. The second-order valence-electron chi connectivity index (χ2n) is 4.89. The number of rotatable bonds is 7. The van der Waals surface area contributed by atoms with E-state index in [1.165, 1.54) is 23.3 Å². The van der Waals surface area contributed by atoms with Gasteiger partial charge in [-0.25, -0.2) is 13.1 Å². The molecule has 0 unspecified atom stereocenters. The van der Waals surface area contributed by atoms with Crippen LogP contribution in [-0.4, -0.2) is 20.7 Å². The molecular formula is C16H18ClNO2S2. The molecule has 0 radical (unpaired) electrons. The van der Waals surface area contributed by atoms with Crippen LogP contribution in [0.1, 0.15) is 11.1 Å². The van der Waals surface area contributed by atoms with Crippen molar-refractivity contribution in [1.29, 1.82) is 0 Å². The van der Waals surface area contributed by atoms with Crippen molar-refractivity contribution in [2.24, 2.45) is 0 Å². The number of thioether (sulfide) groups is 1. The van der Waals surface area contributed by atoms with Crippen molar-refractivity contribution in [3.05, 3.63) is 64.7 Å². The Balaban J connectivity index is 1.77. The van der Waals surface area contributed by atoms with Crippen molar-refractivity contribution in [2.75, 3.05) is 12.3 Å². The van der Waals surface area contributed by atoms with Crippen LogP contribution in [0.3, 0.4) is 0 Å². The van der Waals surface area contributed by atoms with Gasteiger partial charge in [0.05, 0.1) is 4.90 Å². The lowest BCUT2D eigenvalue weighted by Crippen LogP contribution is -2.26. The standard InChI is InChI=1S/C16H18ClNO2S2/c1-13-3-2-4-14(11-13)12-21-10-9-18-22(19,20)16-7-5-15(17)6-8-16/h2-8,11,18H,9-10,12H2,1H3. The molecule has 6 heteroatoms. The Morgan fingerprint density at radius 2 is 1.86 bits per heavy atom. The van der Waals surface area contributed by atoms with Crippen LogP contribution in [0.4, 0.5) is 0 Å². The fourth-order valence-electron chi connectivity index (χ4n) is 1.94. The Bertz CT molecular complexity index is 715. The molecule has 0 spiro atoms. The maximum absolute atomic E-state index is 12.1. The van der Waals surface area contributed by atoms with Crippen molar-refractivity contribution in [3.8, 4) is 0 Å². The van der Waals surface area contributed by atoms with Crippen LogP contribution < -0.4 is 4.72 Å². The van der Waals surface area contributed by atoms with Crippen LogP contribution in [0, 0.1) is 6.92 Å². The highest BCUT2D eigenvalue weighted by Gasteiger charge is 2.12. The largest absolute Gasteiger partial charge is 0.240 e. The molecular weight excluding hydrogens is 338 g/mol. The SMILES string of the molecule is Cc1cccc(CSCCNS(=O)(=O)c2ccc(Cl)cc2)c1. The third-order valence-electron chi connectivity index (χ3n) is 3.01. The van der Waals surface area contributed by atoms with Crippen LogP contribution in [0.5, 0.6) is 0 Å². The monoisotopic (exact) mass is 355 g/mol. The maximum Gasteiger partial charge on any atom is 0.240 e. The number of halogens is 1. The zero-order valence-electron chi connectivity index (χ0n) is 12.3. The molecule has 0 aliphatic rings. The van der Waals surface area contributed by atoms with Crippen molar-refractivity contribution >= 4 is 33.4 Å². The van der Waals surface area contributed by atoms with E-state index < -0.39 is 10.0 Å². The molecule has 0 aliphatic heterocycles. The summed E-state index contributed by atoms with van der Waals surface area (Å²) >= 11 is 7.46. The normalized spacial score (nSPS) is 11.5. The predicted octanol–water partition coefficient (Wildman–Crippen LogP) is 3.86. The lowest BCUT2D eigenvalue weighted by Gasteiger charge is -2.07. The van der Waals surface area contributed by atoms with Gasteiger partial charge in [-0.2, -0.15) is 11.8 Å². The second-order valence-corrected chi connectivity index (χ2v) is 8.20. The van der Waals surface area contributed by atoms with E-state index in [0.29, 0.717) is 11.6 Å². The van der Waals surface area contributed by atoms with Crippen molar-refractivity contribution in [1.82, 2.24) is 4.72 Å². The quantitative estimate of drug-likeness (QED) is 0.767. The van der Waals surface area contributed by atoms with Gasteiger partial charge in [0.25, 0.3) is 0 Å². The molecule has 0 heterocycles. The zero-order chi connectivity index (χ0) is 16.0. The number of benzene rings is 2. The lowest BCUT2D eigenvalue weighted by atomic mass is 10.2. The molecule has 0 bridgehead atoms. The van der Waals surface area contributed by atoms with Gasteiger partial charge in [0.2, 0.25) is 10.0 Å².